The Morgan fingerprint density at radius 2 is 2.13 bits per heavy atom. The second-order valence-electron chi connectivity index (χ2n) is 5.26. The summed E-state index contributed by atoms with van der Waals surface area (Å²) in [4.78, 5) is 13.8. The molecule has 1 N–H and O–H groups in total. The van der Waals surface area contributed by atoms with Gasteiger partial charge in [-0.2, -0.15) is 0 Å². The van der Waals surface area contributed by atoms with E-state index < -0.39 is 21.7 Å². The van der Waals surface area contributed by atoms with Gasteiger partial charge in [-0.1, -0.05) is 6.07 Å². The lowest BCUT2D eigenvalue weighted by Gasteiger charge is -2.26. The molecule has 1 aromatic carbocycles. The van der Waals surface area contributed by atoms with Gasteiger partial charge in [0.1, 0.15) is 11.7 Å². The van der Waals surface area contributed by atoms with E-state index in [9.17, 15) is 17.6 Å². The van der Waals surface area contributed by atoms with Crippen LogP contribution in [0.1, 0.15) is 5.56 Å². The molecule has 1 aromatic rings. The standard InChI is InChI=1S/C15H14FN3O3S/c1-10-2-4-12(8-13(10)16)17-15(20)11-3-5-14-18-23(21,22)7-6-19(14)9-11/h2-5,8-9H,6-7H2,1H3,(H,17,20). The summed E-state index contributed by atoms with van der Waals surface area (Å²) in [5.41, 5.74) is 1.19. The number of anilines is 1. The van der Waals surface area contributed by atoms with Crippen LogP contribution in [-0.2, 0) is 14.8 Å². The Balaban J connectivity index is 1.78. The number of benzene rings is 1. The second kappa shape index (κ2) is 5.62. The molecule has 0 spiro atoms. The third-order valence-electron chi connectivity index (χ3n) is 3.52. The lowest BCUT2D eigenvalue weighted by molar-refractivity contribution is -0.112. The minimum Gasteiger partial charge on any atom is -0.330 e. The number of fused-ring (bicyclic) bond motifs is 1. The molecule has 120 valence electrons. The Bertz CT molecular complexity index is 872. The van der Waals surface area contributed by atoms with Crippen LogP contribution < -0.4 is 5.32 Å². The van der Waals surface area contributed by atoms with Crippen molar-refractivity contribution in [1.29, 1.82) is 0 Å². The van der Waals surface area contributed by atoms with Gasteiger partial charge < -0.3 is 10.2 Å². The first kappa shape index (κ1) is 15.4. The van der Waals surface area contributed by atoms with E-state index in [0.717, 1.165) is 0 Å². The number of amides is 1. The van der Waals surface area contributed by atoms with Crippen molar-refractivity contribution in [3.63, 3.8) is 0 Å². The van der Waals surface area contributed by atoms with Crippen molar-refractivity contribution in [3.8, 4) is 0 Å². The highest BCUT2D eigenvalue weighted by atomic mass is 32.2. The SMILES string of the molecule is Cc1ccc(NC(=O)C2=CN3CCS(=O)(=O)N=C3C=C2)cc1F. The maximum Gasteiger partial charge on any atom is 0.257 e. The van der Waals surface area contributed by atoms with Crippen molar-refractivity contribution >= 4 is 27.5 Å². The number of sulfonamides is 1. The largest absolute Gasteiger partial charge is 0.330 e. The molecule has 2 aliphatic rings. The predicted octanol–water partition coefficient (Wildman–Crippen LogP) is 1.57. The topological polar surface area (TPSA) is 78.8 Å². The van der Waals surface area contributed by atoms with E-state index in [4.69, 9.17) is 0 Å². The summed E-state index contributed by atoms with van der Waals surface area (Å²) < 4.78 is 40.0. The summed E-state index contributed by atoms with van der Waals surface area (Å²) in [5, 5.41) is 2.61. The van der Waals surface area contributed by atoms with Crippen LogP contribution >= 0.6 is 0 Å². The molecule has 1 amide bonds. The number of halogens is 1. The average molecular weight is 335 g/mol. The fourth-order valence-corrected chi connectivity index (χ4v) is 3.18. The van der Waals surface area contributed by atoms with Gasteiger partial charge in [0.05, 0.1) is 11.3 Å². The first-order chi connectivity index (χ1) is 10.8. The molecule has 0 atom stereocenters. The van der Waals surface area contributed by atoms with Crippen LogP contribution in [0.3, 0.4) is 0 Å². The van der Waals surface area contributed by atoms with Gasteiger partial charge in [0.15, 0.2) is 0 Å². The molecule has 6 nitrogen and oxygen atoms in total. The summed E-state index contributed by atoms with van der Waals surface area (Å²) in [6.45, 7) is 1.88. The summed E-state index contributed by atoms with van der Waals surface area (Å²) in [5.74, 6) is -0.614. The van der Waals surface area contributed by atoms with Gasteiger partial charge in [-0.3, -0.25) is 4.79 Å². The molecule has 0 aliphatic carbocycles. The van der Waals surface area contributed by atoms with E-state index in [1.807, 2.05) is 0 Å². The Morgan fingerprint density at radius 1 is 1.35 bits per heavy atom. The van der Waals surface area contributed by atoms with Gasteiger partial charge in [0.2, 0.25) is 0 Å². The Kier molecular flexibility index (Phi) is 3.77. The maximum absolute atomic E-state index is 13.5. The number of carbonyl (C=O) groups is 1. The van der Waals surface area contributed by atoms with Crippen molar-refractivity contribution in [2.45, 2.75) is 6.92 Å². The minimum atomic E-state index is -3.42. The molecule has 8 heteroatoms. The quantitative estimate of drug-likeness (QED) is 0.890. The highest BCUT2D eigenvalue weighted by Gasteiger charge is 2.25. The number of amidine groups is 1. The molecular weight excluding hydrogens is 321 g/mol. The molecule has 2 heterocycles. The molecular formula is C15H14FN3O3S. The van der Waals surface area contributed by atoms with Gasteiger partial charge in [0.25, 0.3) is 15.9 Å². The highest BCUT2D eigenvalue weighted by Crippen LogP contribution is 2.18. The van der Waals surface area contributed by atoms with Crippen LogP contribution in [0.15, 0.2) is 46.5 Å². The fourth-order valence-electron chi connectivity index (χ4n) is 2.21. The van der Waals surface area contributed by atoms with Gasteiger partial charge >= 0.3 is 0 Å². The van der Waals surface area contributed by atoms with Crippen LogP contribution in [0.5, 0.6) is 0 Å². The smallest absolute Gasteiger partial charge is 0.257 e. The Labute approximate surface area is 133 Å². The maximum atomic E-state index is 13.5. The number of hydrogen-bond donors (Lipinski definition) is 1. The average Bonchev–Trinajstić information content (AvgIpc) is 2.49. The van der Waals surface area contributed by atoms with E-state index in [-0.39, 0.29) is 18.1 Å². The van der Waals surface area contributed by atoms with E-state index in [1.165, 1.54) is 24.4 Å². The number of aryl methyl sites for hydroxylation is 1. The Morgan fingerprint density at radius 3 is 2.87 bits per heavy atom. The first-order valence-electron chi connectivity index (χ1n) is 6.91. The van der Waals surface area contributed by atoms with Crippen LogP contribution in [0.25, 0.3) is 0 Å². The van der Waals surface area contributed by atoms with Crippen molar-refractivity contribution < 1.29 is 17.6 Å². The monoisotopic (exact) mass is 335 g/mol. The third kappa shape index (κ3) is 3.31. The van der Waals surface area contributed by atoms with E-state index in [1.54, 1.807) is 24.0 Å². The molecule has 2 aliphatic heterocycles. The molecule has 3 rings (SSSR count). The zero-order chi connectivity index (χ0) is 16.6. The van der Waals surface area contributed by atoms with Crippen LogP contribution in [0.2, 0.25) is 0 Å². The summed E-state index contributed by atoms with van der Waals surface area (Å²) in [6, 6.07) is 4.45. The van der Waals surface area contributed by atoms with Gasteiger partial charge in [0, 0.05) is 18.4 Å². The zero-order valence-electron chi connectivity index (χ0n) is 12.3. The fraction of sp³-hybridized carbons (Fsp3) is 0.200. The van der Waals surface area contributed by atoms with E-state index >= 15 is 0 Å². The number of carbonyl (C=O) groups excluding carboxylic acids is 1. The summed E-state index contributed by atoms with van der Waals surface area (Å²) in [6.07, 6.45) is 4.49. The Hall–Kier alpha value is -2.48. The first-order valence-corrected chi connectivity index (χ1v) is 8.52. The van der Waals surface area contributed by atoms with Crippen LogP contribution in [-0.4, -0.2) is 37.4 Å². The van der Waals surface area contributed by atoms with Gasteiger partial charge in [-0.25, -0.2) is 12.8 Å². The predicted molar refractivity (Wildman–Crippen MR) is 84.9 cm³/mol. The molecule has 23 heavy (non-hydrogen) atoms. The van der Waals surface area contributed by atoms with Crippen LogP contribution in [0.4, 0.5) is 10.1 Å². The van der Waals surface area contributed by atoms with Gasteiger partial charge in [-0.15, -0.1) is 4.40 Å². The number of nitrogens with zero attached hydrogens (tertiary/aromatic N) is 2. The summed E-state index contributed by atoms with van der Waals surface area (Å²) in [7, 11) is -3.42. The molecule has 0 saturated carbocycles. The van der Waals surface area contributed by atoms with E-state index in [2.05, 4.69) is 9.71 Å². The van der Waals surface area contributed by atoms with Crippen molar-refractivity contribution in [1.82, 2.24) is 4.90 Å². The number of hydrogen-bond acceptors (Lipinski definition) is 4. The molecule has 0 radical (unpaired) electrons. The molecule has 0 bridgehead atoms. The van der Waals surface area contributed by atoms with Crippen molar-refractivity contribution in [2.75, 3.05) is 17.6 Å². The van der Waals surface area contributed by atoms with Crippen LogP contribution in [0, 0.1) is 12.7 Å². The normalized spacial score (nSPS) is 18.8. The van der Waals surface area contributed by atoms with Gasteiger partial charge in [-0.05, 0) is 36.8 Å². The lowest BCUT2D eigenvalue weighted by atomic mass is 10.1. The zero-order valence-corrected chi connectivity index (χ0v) is 13.1. The third-order valence-corrected chi connectivity index (χ3v) is 4.68. The lowest BCUT2D eigenvalue weighted by Crippen LogP contribution is -2.37. The van der Waals surface area contributed by atoms with Crippen molar-refractivity contribution in [3.05, 3.63) is 53.5 Å². The number of nitrogens with one attached hydrogen (secondary N) is 1. The molecule has 0 aromatic heterocycles. The molecule has 0 fully saturated rings. The van der Waals surface area contributed by atoms with E-state index in [0.29, 0.717) is 16.8 Å². The molecule has 0 saturated heterocycles. The van der Waals surface area contributed by atoms with Crippen molar-refractivity contribution in [2.24, 2.45) is 4.40 Å². The minimum absolute atomic E-state index is 0.0983. The second-order valence-corrected chi connectivity index (χ2v) is 7.02. The molecule has 0 unspecified atom stereocenters. The number of rotatable bonds is 2. The summed E-state index contributed by atoms with van der Waals surface area (Å²) >= 11 is 0. The highest BCUT2D eigenvalue weighted by molar-refractivity contribution is 7.90.